The van der Waals surface area contributed by atoms with Crippen LogP contribution in [0.15, 0.2) is 24.3 Å². The summed E-state index contributed by atoms with van der Waals surface area (Å²) in [5.74, 6) is 1.13. The molecule has 33 heavy (non-hydrogen) atoms. The van der Waals surface area contributed by atoms with Crippen LogP contribution in [-0.2, 0) is 14.3 Å². The maximum Gasteiger partial charge on any atom is 0.410 e. The van der Waals surface area contributed by atoms with Gasteiger partial charge in [0.2, 0.25) is 12.0 Å². The second-order valence-corrected chi connectivity index (χ2v) is 9.76. The van der Waals surface area contributed by atoms with Crippen LogP contribution in [0.5, 0.6) is 11.5 Å². The van der Waals surface area contributed by atoms with Crippen LogP contribution in [0.2, 0.25) is 0 Å². The topological polar surface area (TPSA) is 88.6 Å². The summed E-state index contributed by atoms with van der Waals surface area (Å²) in [5, 5.41) is 0. The zero-order valence-corrected chi connectivity index (χ0v) is 19.6. The Morgan fingerprint density at radius 1 is 0.848 bits per heavy atom. The van der Waals surface area contributed by atoms with Gasteiger partial charge in [0.05, 0.1) is 0 Å². The minimum Gasteiger partial charge on any atom is -0.485 e. The number of piperidine rings is 1. The van der Waals surface area contributed by atoms with E-state index < -0.39 is 11.7 Å². The number of rotatable bonds is 2. The van der Waals surface area contributed by atoms with Gasteiger partial charge in [0.1, 0.15) is 12.2 Å². The number of hydrogen-bond donors (Lipinski definition) is 0. The number of likely N-dealkylation sites (tertiary alicyclic amines) is 1. The lowest BCUT2D eigenvalue weighted by molar-refractivity contribution is -0.148. The molecular formula is C24H33N3O6. The molecule has 0 bridgehead atoms. The smallest absolute Gasteiger partial charge is 0.410 e. The average Bonchev–Trinajstić information content (AvgIpc) is 2.82. The molecule has 3 aliphatic rings. The van der Waals surface area contributed by atoms with Crippen LogP contribution in [0, 0.1) is 5.92 Å². The van der Waals surface area contributed by atoms with Crippen molar-refractivity contribution in [2.24, 2.45) is 5.92 Å². The second kappa shape index (κ2) is 9.49. The van der Waals surface area contributed by atoms with Gasteiger partial charge in [0.25, 0.3) is 5.91 Å². The number of para-hydroxylation sites is 2. The standard InChI is InChI=1S/C24H33N3O6/c1-24(2,3)33-23(30)27-10-8-17(9-11-27)21(28)25-12-14-26(15-13-25)22(29)20-16-31-18-6-4-5-7-19(18)32-20/h4-7,17,20H,8-16H2,1-3H3/t20-/m0/s1. The van der Waals surface area contributed by atoms with Crippen molar-refractivity contribution >= 4 is 17.9 Å². The van der Waals surface area contributed by atoms with Gasteiger partial charge in [-0.05, 0) is 45.7 Å². The Balaban J connectivity index is 1.23. The minimum atomic E-state index is -0.667. The number of ether oxygens (including phenoxy) is 3. The number of fused-ring (bicyclic) bond motifs is 1. The maximum absolute atomic E-state index is 13.0. The van der Waals surface area contributed by atoms with Crippen molar-refractivity contribution in [3.63, 3.8) is 0 Å². The van der Waals surface area contributed by atoms with Crippen LogP contribution in [0.3, 0.4) is 0 Å². The summed E-state index contributed by atoms with van der Waals surface area (Å²) in [4.78, 5) is 43.4. The van der Waals surface area contributed by atoms with Gasteiger partial charge in [-0.15, -0.1) is 0 Å². The SMILES string of the molecule is CC(C)(C)OC(=O)N1CCC(C(=O)N2CCN(C(=O)[C@@H]3COc4ccccc4O3)CC2)CC1. The van der Waals surface area contributed by atoms with Crippen LogP contribution >= 0.6 is 0 Å². The minimum absolute atomic E-state index is 0.0995. The third kappa shape index (κ3) is 5.51. The number of hydrogen-bond acceptors (Lipinski definition) is 6. The van der Waals surface area contributed by atoms with E-state index in [2.05, 4.69) is 0 Å². The summed E-state index contributed by atoms with van der Waals surface area (Å²) in [6.45, 7) is 8.71. The summed E-state index contributed by atoms with van der Waals surface area (Å²) in [7, 11) is 0. The summed E-state index contributed by atoms with van der Waals surface area (Å²) in [6.07, 6.45) is 0.268. The third-order valence-electron chi connectivity index (χ3n) is 6.18. The largest absolute Gasteiger partial charge is 0.485 e. The summed E-state index contributed by atoms with van der Waals surface area (Å²) in [6, 6.07) is 7.32. The van der Waals surface area contributed by atoms with Crippen molar-refractivity contribution in [3.05, 3.63) is 24.3 Å². The molecule has 1 aromatic rings. The number of nitrogens with zero attached hydrogens (tertiary/aromatic N) is 3. The molecule has 3 aliphatic heterocycles. The summed E-state index contributed by atoms with van der Waals surface area (Å²) >= 11 is 0. The zero-order chi connectivity index (χ0) is 23.6. The van der Waals surface area contributed by atoms with Crippen molar-refractivity contribution in [2.45, 2.75) is 45.3 Å². The molecule has 1 atom stereocenters. The first-order valence-electron chi connectivity index (χ1n) is 11.7. The zero-order valence-electron chi connectivity index (χ0n) is 19.6. The molecule has 9 heteroatoms. The lowest BCUT2D eigenvalue weighted by Gasteiger charge is -2.39. The number of carbonyl (C=O) groups excluding carboxylic acids is 3. The molecule has 3 amide bonds. The summed E-state index contributed by atoms with van der Waals surface area (Å²) < 4.78 is 16.9. The molecule has 0 spiro atoms. The molecule has 4 rings (SSSR count). The highest BCUT2D eigenvalue weighted by Crippen LogP contribution is 2.31. The van der Waals surface area contributed by atoms with Crippen molar-refractivity contribution in [2.75, 3.05) is 45.9 Å². The fourth-order valence-electron chi connectivity index (χ4n) is 4.39. The fraction of sp³-hybridized carbons (Fsp3) is 0.625. The van der Waals surface area contributed by atoms with Gasteiger partial charge in [0.15, 0.2) is 11.5 Å². The first kappa shape index (κ1) is 23.2. The normalized spacial score (nSPS) is 21.5. The molecule has 2 fully saturated rings. The monoisotopic (exact) mass is 459 g/mol. The molecule has 0 saturated carbocycles. The molecule has 180 valence electrons. The highest BCUT2D eigenvalue weighted by molar-refractivity contribution is 5.83. The molecule has 1 aromatic carbocycles. The first-order chi connectivity index (χ1) is 15.7. The van der Waals surface area contributed by atoms with E-state index in [4.69, 9.17) is 14.2 Å². The molecule has 0 unspecified atom stereocenters. The molecule has 0 aromatic heterocycles. The number of carbonyl (C=O) groups is 3. The molecule has 0 N–H and O–H groups in total. The van der Waals surface area contributed by atoms with Gasteiger partial charge >= 0.3 is 6.09 Å². The Hall–Kier alpha value is -2.97. The Morgan fingerprint density at radius 2 is 1.42 bits per heavy atom. The van der Waals surface area contributed by atoms with E-state index in [0.717, 1.165) is 0 Å². The van der Waals surface area contributed by atoms with Crippen LogP contribution in [-0.4, -0.2) is 90.2 Å². The quantitative estimate of drug-likeness (QED) is 0.673. The van der Waals surface area contributed by atoms with E-state index >= 15 is 0 Å². The van der Waals surface area contributed by atoms with Gasteiger partial charge < -0.3 is 28.9 Å². The first-order valence-corrected chi connectivity index (χ1v) is 11.7. The van der Waals surface area contributed by atoms with Crippen LogP contribution in [0.1, 0.15) is 33.6 Å². The van der Waals surface area contributed by atoms with E-state index in [9.17, 15) is 14.4 Å². The predicted octanol–water partition coefficient (Wildman–Crippen LogP) is 2.14. The van der Waals surface area contributed by atoms with Gasteiger partial charge in [0, 0.05) is 45.2 Å². The molecule has 2 saturated heterocycles. The van der Waals surface area contributed by atoms with E-state index in [1.165, 1.54) is 0 Å². The Kier molecular flexibility index (Phi) is 6.67. The van der Waals surface area contributed by atoms with Crippen LogP contribution in [0.25, 0.3) is 0 Å². The number of amides is 3. The average molecular weight is 460 g/mol. The second-order valence-electron chi connectivity index (χ2n) is 9.76. The predicted molar refractivity (Wildman–Crippen MR) is 120 cm³/mol. The molecule has 3 heterocycles. The highest BCUT2D eigenvalue weighted by Gasteiger charge is 2.36. The Labute approximate surface area is 194 Å². The van der Waals surface area contributed by atoms with Crippen molar-refractivity contribution < 1.29 is 28.6 Å². The third-order valence-corrected chi connectivity index (χ3v) is 6.18. The van der Waals surface area contributed by atoms with Crippen molar-refractivity contribution in [1.29, 1.82) is 0 Å². The van der Waals surface area contributed by atoms with E-state index in [1.807, 2.05) is 43.9 Å². The fourth-order valence-corrected chi connectivity index (χ4v) is 4.39. The van der Waals surface area contributed by atoms with Crippen molar-refractivity contribution in [1.82, 2.24) is 14.7 Å². The van der Waals surface area contributed by atoms with Crippen LogP contribution in [0.4, 0.5) is 4.79 Å². The van der Waals surface area contributed by atoms with Gasteiger partial charge in [-0.2, -0.15) is 0 Å². The summed E-state index contributed by atoms with van der Waals surface area (Å²) in [5.41, 5.74) is -0.529. The highest BCUT2D eigenvalue weighted by atomic mass is 16.6. The maximum atomic E-state index is 13.0. The van der Waals surface area contributed by atoms with Gasteiger partial charge in [-0.3, -0.25) is 9.59 Å². The van der Waals surface area contributed by atoms with Gasteiger partial charge in [-0.25, -0.2) is 4.79 Å². The van der Waals surface area contributed by atoms with Gasteiger partial charge in [-0.1, -0.05) is 12.1 Å². The van der Waals surface area contributed by atoms with E-state index in [0.29, 0.717) is 63.6 Å². The Bertz CT molecular complexity index is 882. The van der Waals surface area contributed by atoms with E-state index in [-0.39, 0.29) is 30.4 Å². The molecule has 0 aliphatic carbocycles. The lowest BCUT2D eigenvalue weighted by Crippen LogP contribution is -2.56. The van der Waals surface area contributed by atoms with Crippen molar-refractivity contribution in [3.8, 4) is 11.5 Å². The van der Waals surface area contributed by atoms with Crippen LogP contribution < -0.4 is 9.47 Å². The Morgan fingerprint density at radius 3 is 2.03 bits per heavy atom. The molecule has 0 radical (unpaired) electrons. The molecular weight excluding hydrogens is 426 g/mol. The lowest BCUT2D eigenvalue weighted by atomic mass is 9.95. The number of piperazine rings is 1. The van der Waals surface area contributed by atoms with E-state index in [1.54, 1.807) is 15.9 Å². The number of benzene rings is 1. The molecule has 9 nitrogen and oxygen atoms in total.